The van der Waals surface area contributed by atoms with Crippen molar-refractivity contribution in [2.75, 3.05) is 38.4 Å². The number of aliphatic carboxylic acids is 4. The number of allylic oxidation sites excluding steroid dienone is 4. The summed E-state index contributed by atoms with van der Waals surface area (Å²) in [5.74, 6) is -17.2. The van der Waals surface area contributed by atoms with Crippen LogP contribution < -0.4 is 43.4 Å². The summed E-state index contributed by atoms with van der Waals surface area (Å²) >= 11 is 0. The molecule has 86 heavy (non-hydrogen) atoms. The number of aliphatic hydroxyl groups is 2. The third-order valence-corrected chi connectivity index (χ3v) is 17.6. The number of carbonyl (C=O) groups excluding carboxylic acids is 10. The topological polar surface area (TPSA) is 525 Å². The summed E-state index contributed by atoms with van der Waals surface area (Å²) in [5, 5.41) is 74.5. The summed E-state index contributed by atoms with van der Waals surface area (Å²) in [7, 11) is 2.75. The molecule has 0 bridgehead atoms. The first kappa shape index (κ1) is 70.6. The number of methoxy groups -OCH3 is 1. The third-order valence-electron chi connectivity index (χ3n) is 15.2. The molecular weight excluding hydrogens is 1180 g/mol. The van der Waals surface area contributed by atoms with Crippen LogP contribution in [-0.4, -0.2) is 206 Å². The standard InChI is InChI=1S/C52H73N9O23S2/c1-24(62)56-31(47(76)77)8-9-38(66)57-32(19-39(67)68)44(73)58-30(5-4-14-55-49(53)54)43(72)59-33(20-40(69)70)45(74)60-34(21-41(71)82-3)46(75)61-35(48(78)79)23-86-85-16-15-83-50(80)84-22-37(65)52(81)13-11-27-28-7-6-25-17-26(63)10-12-51(25,2)42(28)36(64)18-29(27)52/h6,10,12,27-36,42,64,81H,4-5,7-9,11,13-23H2,1-3H3,(H,56,62)(H,57,66)(H,58,73)(H,59,72)(H,60,74)(H,61,75)(H,67,68)(H,69,70)(H,76,77)(H,78,79)(H4,53,54,55). The zero-order chi connectivity index (χ0) is 64.2. The van der Waals surface area contributed by atoms with Gasteiger partial charge in [0.2, 0.25) is 41.2 Å². The van der Waals surface area contributed by atoms with E-state index >= 15 is 0 Å². The van der Waals surface area contributed by atoms with Crippen LogP contribution in [0.5, 0.6) is 0 Å². The highest BCUT2D eigenvalue weighted by atomic mass is 33.1. The van der Waals surface area contributed by atoms with Crippen molar-refractivity contribution in [3.63, 3.8) is 0 Å². The molecule has 2 fully saturated rings. The molecule has 4 aliphatic rings. The lowest BCUT2D eigenvalue weighted by Gasteiger charge is -2.55. The van der Waals surface area contributed by atoms with Gasteiger partial charge in [0.1, 0.15) is 48.5 Å². The second-order valence-corrected chi connectivity index (χ2v) is 23.8. The number of nitrogens with one attached hydrogen (secondary N) is 6. The lowest BCUT2D eigenvalue weighted by atomic mass is 9.50. The molecule has 2 saturated carbocycles. The number of nitrogens with zero attached hydrogens (tertiary/aromatic N) is 1. The quantitative estimate of drug-likeness (QED) is 0.00770. The predicted molar refractivity (Wildman–Crippen MR) is 298 cm³/mol. The van der Waals surface area contributed by atoms with Crippen LogP contribution in [0.2, 0.25) is 0 Å². The number of carboxylic acid groups (broad SMARTS) is 4. The molecule has 0 heterocycles. The van der Waals surface area contributed by atoms with Crippen LogP contribution in [0.3, 0.4) is 0 Å². The van der Waals surface area contributed by atoms with Crippen LogP contribution in [0.25, 0.3) is 0 Å². The number of ether oxygens (including phenoxy) is 3. The molecule has 13 unspecified atom stereocenters. The molecule has 16 N–H and O–H groups in total. The number of carboxylic acids is 4. The summed E-state index contributed by atoms with van der Waals surface area (Å²) in [6.45, 7) is 1.72. The van der Waals surface area contributed by atoms with E-state index in [9.17, 15) is 97.8 Å². The second-order valence-electron chi connectivity index (χ2n) is 21.1. The SMILES string of the molecule is COC(=O)CC(NC(=O)C(CC(=O)O)NC(=O)C(CCCN=C(N)N)NC(=O)C(CC(=O)O)NC(=O)CCC(NC(C)=O)C(=O)O)C(=O)NC(CSSCCOC(=O)OCC(=O)C1(O)CCC2C3CC=C4CC(=O)C=CC4(C)C3C(O)CC21)C(=O)O. The predicted octanol–water partition coefficient (Wildman–Crippen LogP) is -2.85. The Balaban J connectivity index is 1.32. The number of carbonyl (C=O) groups is 14. The highest BCUT2D eigenvalue weighted by Crippen LogP contribution is 2.61. The summed E-state index contributed by atoms with van der Waals surface area (Å²) in [6.07, 6.45) is -0.0213. The van der Waals surface area contributed by atoms with Crippen molar-refractivity contribution in [2.24, 2.45) is 45.5 Å². The first-order valence-electron chi connectivity index (χ1n) is 27.1. The van der Waals surface area contributed by atoms with Crippen molar-refractivity contribution >= 4 is 111 Å². The molecule has 4 aliphatic carbocycles. The molecule has 0 saturated heterocycles. The van der Waals surface area contributed by atoms with Crippen LogP contribution in [-0.2, 0) is 76.5 Å². The number of ketones is 2. The molecule has 0 aromatic carbocycles. The van der Waals surface area contributed by atoms with Crippen molar-refractivity contribution in [1.29, 1.82) is 0 Å². The Morgan fingerprint density at radius 2 is 1.34 bits per heavy atom. The molecule has 0 aromatic rings. The van der Waals surface area contributed by atoms with Gasteiger partial charge in [-0.05, 0) is 62.9 Å². The van der Waals surface area contributed by atoms with Crippen molar-refractivity contribution in [1.82, 2.24) is 31.9 Å². The largest absolute Gasteiger partial charge is 0.508 e. The second kappa shape index (κ2) is 32.6. The lowest BCUT2D eigenvalue weighted by Crippen LogP contribution is -2.59. The van der Waals surface area contributed by atoms with Crippen molar-refractivity contribution in [2.45, 2.75) is 139 Å². The molecule has 0 aliphatic heterocycles. The van der Waals surface area contributed by atoms with Crippen LogP contribution in [0.15, 0.2) is 28.8 Å². The van der Waals surface area contributed by atoms with Crippen LogP contribution in [0.4, 0.5) is 4.79 Å². The molecule has 0 aromatic heterocycles. The summed E-state index contributed by atoms with van der Waals surface area (Å²) in [4.78, 5) is 181. The molecule has 13 atom stereocenters. The fraction of sp³-hybridized carbons (Fsp3) is 0.635. The van der Waals surface area contributed by atoms with Crippen molar-refractivity contribution in [3.05, 3.63) is 23.8 Å². The van der Waals surface area contributed by atoms with Crippen LogP contribution in [0.1, 0.15) is 90.9 Å². The Bertz CT molecular complexity index is 2710. The molecule has 0 radical (unpaired) electrons. The highest BCUT2D eigenvalue weighted by molar-refractivity contribution is 8.76. The molecule has 32 nitrogen and oxygen atoms in total. The first-order valence-corrected chi connectivity index (χ1v) is 29.6. The van der Waals surface area contributed by atoms with E-state index in [1.54, 1.807) is 6.08 Å². The minimum atomic E-state index is -2.11. The van der Waals surface area contributed by atoms with E-state index in [0.29, 0.717) is 12.8 Å². The highest BCUT2D eigenvalue weighted by Gasteiger charge is 2.62. The maximum atomic E-state index is 13.8. The number of esters is 1. The van der Waals surface area contributed by atoms with Gasteiger partial charge in [0, 0.05) is 55.1 Å². The maximum absolute atomic E-state index is 13.8. The normalized spacial score (nSPS) is 23.8. The Hall–Kier alpha value is -7.85. The summed E-state index contributed by atoms with van der Waals surface area (Å²) < 4.78 is 14.7. The molecule has 34 heteroatoms. The number of aliphatic hydroxyl groups excluding tert-OH is 1. The first-order chi connectivity index (χ1) is 40.4. The van der Waals surface area contributed by atoms with Gasteiger partial charge >= 0.3 is 36.0 Å². The van der Waals surface area contributed by atoms with E-state index in [1.807, 2.05) is 19.1 Å². The van der Waals surface area contributed by atoms with Gasteiger partial charge in [0.25, 0.3) is 0 Å². The van der Waals surface area contributed by atoms with E-state index in [4.69, 9.17) is 20.9 Å². The fourth-order valence-electron chi connectivity index (χ4n) is 11.1. The molecule has 4 rings (SSSR count). The fourth-order valence-corrected chi connectivity index (χ4v) is 13.1. The zero-order valence-corrected chi connectivity index (χ0v) is 48.8. The third kappa shape index (κ3) is 20.4. The minimum absolute atomic E-state index is 0.0111. The molecule has 476 valence electrons. The van der Waals surface area contributed by atoms with Gasteiger partial charge in [0.05, 0.1) is 32.5 Å². The number of fused-ring (bicyclic) bond motifs is 5. The van der Waals surface area contributed by atoms with Gasteiger partial charge in [-0.15, -0.1) is 0 Å². The molecule has 6 amide bonds. The number of rotatable bonds is 34. The van der Waals surface area contributed by atoms with E-state index in [2.05, 4.69) is 41.6 Å². The Morgan fingerprint density at radius 3 is 1.92 bits per heavy atom. The summed E-state index contributed by atoms with van der Waals surface area (Å²) in [5.41, 5.74) is 9.27. The minimum Gasteiger partial charge on any atom is -0.481 e. The van der Waals surface area contributed by atoms with Gasteiger partial charge < -0.3 is 88.2 Å². The van der Waals surface area contributed by atoms with Crippen LogP contribution in [0, 0.1) is 29.1 Å². The number of Topliss-reactive ketones (excluding diaryl/α,β-unsaturated/α-hetero) is 1. The van der Waals surface area contributed by atoms with Crippen LogP contribution >= 0.6 is 21.6 Å². The smallest absolute Gasteiger partial charge is 0.481 e. The Labute approximate surface area is 499 Å². The zero-order valence-electron chi connectivity index (χ0n) is 47.1. The van der Waals surface area contributed by atoms with Gasteiger partial charge in [-0.1, -0.05) is 46.2 Å². The van der Waals surface area contributed by atoms with Gasteiger partial charge in [-0.3, -0.25) is 57.7 Å². The Morgan fingerprint density at radius 1 is 0.756 bits per heavy atom. The monoisotopic (exact) mass is 1260 g/mol. The van der Waals surface area contributed by atoms with E-state index in [1.165, 1.54) is 0 Å². The number of aliphatic imine (C=N–C) groups is 1. The van der Waals surface area contributed by atoms with Gasteiger partial charge in [-0.25, -0.2) is 14.4 Å². The number of guanidine groups is 1. The average molecular weight is 1260 g/mol. The van der Waals surface area contributed by atoms with E-state index in [-0.39, 0.29) is 79.8 Å². The lowest BCUT2D eigenvalue weighted by molar-refractivity contribution is -0.154. The number of hydrogen-bond donors (Lipinski definition) is 14. The van der Waals surface area contributed by atoms with Crippen molar-refractivity contribution < 1.29 is 112 Å². The van der Waals surface area contributed by atoms with Gasteiger partial charge in [0.15, 0.2) is 18.3 Å². The average Bonchev–Trinajstić information content (AvgIpc) is 1.34. The number of nitrogens with two attached hydrogens (primary N) is 2. The number of hydrogen-bond acceptors (Lipinski definition) is 22. The maximum Gasteiger partial charge on any atom is 0.508 e. The Kier molecular flexibility index (Phi) is 26.8. The summed E-state index contributed by atoms with van der Waals surface area (Å²) in [6, 6.07) is -11.1. The van der Waals surface area contributed by atoms with Crippen molar-refractivity contribution in [3.8, 4) is 0 Å². The van der Waals surface area contributed by atoms with E-state index in [0.717, 1.165) is 41.2 Å². The number of amides is 6. The molecule has 0 spiro atoms. The van der Waals surface area contributed by atoms with Gasteiger partial charge in [-0.2, -0.15) is 0 Å². The molecular formula is C52H73N9O23S2. The van der Waals surface area contributed by atoms with E-state index < -0.39 is 182 Å².